The molecule has 1 aliphatic rings. The fourth-order valence-electron chi connectivity index (χ4n) is 1.63. The first kappa shape index (κ1) is 10.4. The average Bonchev–Trinajstić information content (AvgIpc) is 2.09. The van der Waals surface area contributed by atoms with Gasteiger partial charge in [0.15, 0.2) is 0 Å². The molecule has 12 heavy (non-hydrogen) atoms. The van der Waals surface area contributed by atoms with Gasteiger partial charge in [0.1, 0.15) is 0 Å². The fraction of sp³-hybridized carbons (Fsp3) is 1.00. The minimum atomic E-state index is 0.691. The summed E-state index contributed by atoms with van der Waals surface area (Å²) in [6.45, 7) is 6.88. The number of hydrogen-bond donors (Lipinski definition) is 1. The first-order valence-corrected chi connectivity index (χ1v) is 6.16. The van der Waals surface area contributed by atoms with Crippen LogP contribution >= 0.6 is 11.8 Å². The minimum Gasteiger partial charge on any atom is -0.310 e. The largest absolute Gasteiger partial charge is 0.310 e. The Hall–Kier alpha value is 0.310. The van der Waals surface area contributed by atoms with Crippen molar-refractivity contribution in [2.75, 3.05) is 5.75 Å². The van der Waals surface area contributed by atoms with E-state index in [9.17, 15) is 0 Å². The van der Waals surface area contributed by atoms with E-state index in [1.165, 1.54) is 25.0 Å². The lowest BCUT2D eigenvalue weighted by molar-refractivity contribution is 0.404. The number of thioether (sulfide) groups is 1. The Bertz CT molecular complexity index is 127. The third-order valence-electron chi connectivity index (χ3n) is 2.72. The van der Waals surface area contributed by atoms with Crippen LogP contribution in [0.5, 0.6) is 0 Å². The molecule has 1 N–H and O–H groups in total. The second kappa shape index (κ2) is 5.13. The van der Waals surface area contributed by atoms with Gasteiger partial charge >= 0.3 is 0 Å². The molecule has 0 bridgehead atoms. The maximum absolute atomic E-state index is 3.70. The van der Waals surface area contributed by atoms with Crippen LogP contribution in [0.25, 0.3) is 0 Å². The lowest BCUT2D eigenvalue weighted by atomic mass is 10.1. The highest BCUT2D eigenvalue weighted by atomic mass is 32.2. The van der Waals surface area contributed by atoms with Crippen LogP contribution in [0.4, 0.5) is 0 Å². The van der Waals surface area contributed by atoms with Crippen LogP contribution in [-0.4, -0.2) is 23.1 Å². The molecule has 0 amide bonds. The van der Waals surface area contributed by atoms with Gasteiger partial charge in [0.2, 0.25) is 0 Å². The highest BCUT2D eigenvalue weighted by molar-refractivity contribution is 7.99. The third kappa shape index (κ3) is 2.98. The van der Waals surface area contributed by atoms with Gasteiger partial charge in [0.05, 0.1) is 0 Å². The molecule has 1 aliphatic heterocycles. The molecule has 1 heterocycles. The lowest BCUT2D eigenvalue weighted by Crippen LogP contribution is -2.43. The maximum atomic E-state index is 3.70. The van der Waals surface area contributed by atoms with Crippen molar-refractivity contribution in [1.29, 1.82) is 0 Å². The zero-order valence-corrected chi connectivity index (χ0v) is 9.29. The molecular formula is C10H21NS. The van der Waals surface area contributed by atoms with Crippen molar-refractivity contribution in [2.45, 2.75) is 57.4 Å². The van der Waals surface area contributed by atoms with Crippen LogP contribution in [0.15, 0.2) is 0 Å². The topological polar surface area (TPSA) is 12.0 Å². The van der Waals surface area contributed by atoms with Gasteiger partial charge < -0.3 is 5.32 Å². The second-order valence-electron chi connectivity index (χ2n) is 3.80. The standard InChI is InChI=1S/C10H21NS/c1-4-8(2)11-10-6-5-7-12-9(10)3/h8-11H,4-7H2,1-3H3. The Morgan fingerprint density at radius 3 is 2.92 bits per heavy atom. The zero-order chi connectivity index (χ0) is 8.97. The number of hydrogen-bond acceptors (Lipinski definition) is 2. The van der Waals surface area contributed by atoms with Gasteiger partial charge in [-0.05, 0) is 31.9 Å². The van der Waals surface area contributed by atoms with Gasteiger partial charge in [0, 0.05) is 17.3 Å². The second-order valence-corrected chi connectivity index (χ2v) is 5.29. The summed E-state index contributed by atoms with van der Waals surface area (Å²) in [5.41, 5.74) is 0. The highest BCUT2D eigenvalue weighted by Gasteiger charge is 2.22. The van der Waals surface area contributed by atoms with E-state index in [2.05, 4.69) is 37.8 Å². The van der Waals surface area contributed by atoms with Gasteiger partial charge in [-0.25, -0.2) is 0 Å². The van der Waals surface area contributed by atoms with E-state index in [1.807, 2.05) is 0 Å². The first-order valence-electron chi connectivity index (χ1n) is 5.11. The summed E-state index contributed by atoms with van der Waals surface area (Å²) < 4.78 is 0. The molecule has 1 nitrogen and oxygen atoms in total. The predicted octanol–water partition coefficient (Wildman–Crippen LogP) is 2.66. The number of rotatable bonds is 3. The smallest absolute Gasteiger partial charge is 0.0186 e. The lowest BCUT2D eigenvalue weighted by Gasteiger charge is -2.31. The monoisotopic (exact) mass is 187 g/mol. The fourth-order valence-corrected chi connectivity index (χ4v) is 2.78. The zero-order valence-electron chi connectivity index (χ0n) is 8.47. The van der Waals surface area contributed by atoms with E-state index in [0.717, 1.165) is 11.3 Å². The molecule has 3 unspecified atom stereocenters. The molecule has 0 aromatic heterocycles. The van der Waals surface area contributed by atoms with E-state index in [4.69, 9.17) is 0 Å². The normalized spacial score (nSPS) is 33.2. The summed E-state index contributed by atoms with van der Waals surface area (Å²) in [6.07, 6.45) is 4.01. The van der Waals surface area contributed by atoms with Crippen LogP contribution in [0.2, 0.25) is 0 Å². The summed E-state index contributed by atoms with van der Waals surface area (Å²) in [4.78, 5) is 0. The Morgan fingerprint density at radius 1 is 1.58 bits per heavy atom. The Balaban J connectivity index is 2.28. The molecule has 0 aliphatic carbocycles. The van der Waals surface area contributed by atoms with E-state index in [1.54, 1.807) is 0 Å². The Morgan fingerprint density at radius 2 is 2.33 bits per heavy atom. The number of nitrogens with one attached hydrogen (secondary N) is 1. The van der Waals surface area contributed by atoms with Crippen molar-refractivity contribution >= 4 is 11.8 Å². The van der Waals surface area contributed by atoms with Gasteiger partial charge in [-0.15, -0.1) is 0 Å². The van der Waals surface area contributed by atoms with Crippen molar-refractivity contribution in [1.82, 2.24) is 5.32 Å². The molecule has 1 saturated heterocycles. The first-order chi connectivity index (χ1) is 5.74. The van der Waals surface area contributed by atoms with Crippen LogP contribution < -0.4 is 5.32 Å². The molecule has 0 radical (unpaired) electrons. The summed E-state index contributed by atoms with van der Waals surface area (Å²) in [5, 5.41) is 4.51. The summed E-state index contributed by atoms with van der Waals surface area (Å²) in [6, 6.07) is 1.45. The van der Waals surface area contributed by atoms with Gasteiger partial charge in [-0.1, -0.05) is 13.8 Å². The summed E-state index contributed by atoms with van der Waals surface area (Å²) >= 11 is 2.12. The van der Waals surface area contributed by atoms with Gasteiger partial charge in [-0.2, -0.15) is 11.8 Å². The van der Waals surface area contributed by atoms with E-state index < -0.39 is 0 Å². The molecule has 1 fully saturated rings. The molecule has 72 valence electrons. The predicted molar refractivity (Wildman–Crippen MR) is 57.8 cm³/mol. The average molecular weight is 187 g/mol. The van der Waals surface area contributed by atoms with Crippen molar-refractivity contribution < 1.29 is 0 Å². The molecule has 1 rings (SSSR count). The van der Waals surface area contributed by atoms with Gasteiger partial charge in [0.25, 0.3) is 0 Å². The quantitative estimate of drug-likeness (QED) is 0.729. The molecule has 0 aromatic carbocycles. The van der Waals surface area contributed by atoms with Crippen molar-refractivity contribution in [3.63, 3.8) is 0 Å². The SMILES string of the molecule is CCC(C)NC1CCCSC1C. The van der Waals surface area contributed by atoms with Crippen LogP contribution in [0.1, 0.15) is 40.0 Å². The maximum Gasteiger partial charge on any atom is 0.0186 e. The van der Waals surface area contributed by atoms with Gasteiger partial charge in [-0.3, -0.25) is 0 Å². The molecule has 0 saturated carbocycles. The molecule has 0 aromatic rings. The van der Waals surface area contributed by atoms with Crippen molar-refractivity contribution in [3.05, 3.63) is 0 Å². The molecule has 2 heteroatoms. The highest BCUT2D eigenvalue weighted by Crippen LogP contribution is 2.25. The molecule has 3 atom stereocenters. The van der Waals surface area contributed by atoms with Crippen molar-refractivity contribution in [3.8, 4) is 0 Å². The van der Waals surface area contributed by atoms with Crippen molar-refractivity contribution in [2.24, 2.45) is 0 Å². The van der Waals surface area contributed by atoms with E-state index >= 15 is 0 Å². The summed E-state index contributed by atoms with van der Waals surface area (Å²) in [7, 11) is 0. The molecular weight excluding hydrogens is 166 g/mol. The summed E-state index contributed by atoms with van der Waals surface area (Å²) in [5.74, 6) is 1.36. The Kier molecular flexibility index (Phi) is 4.44. The van der Waals surface area contributed by atoms with Crippen LogP contribution in [0.3, 0.4) is 0 Å². The third-order valence-corrected chi connectivity index (χ3v) is 4.10. The Labute approximate surface area is 80.7 Å². The van der Waals surface area contributed by atoms with Crippen LogP contribution in [-0.2, 0) is 0 Å². The molecule has 0 spiro atoms. The van der Waals surface area contributed by atoms with Crippen LogP contribution in [0, 0.1) is 0 Å². The minimum absolute atomic E-state index is 0.691. The van der Waals surface area contributed by atoms with E-state index in [-0.39, 0.29) is 0 Å². The van der Waals surface area contributed by atoms with E-state index in [0.29, 0.717) is 6.04 Å².